The number of ether oxygens (including phenoxy) is 1. The summed E-state index contributed by atoms with van der Waals surface area (Å²) in [5, 5.41) is 0. The Labute approximate surface area is 95.0 Å². The van der Waals surface area contributed by atoms with E-state index >= 15 is 0 Å². The quantitative estimate of drug-likeness (QED) is 0.827. The number of anilines is 1. The molecule has 16 heavy (non-hydrogen) atoms. The van der Waals surface area contributed by atoms with Crippen LogP contribution in [0.1, 0.15) is 12.0 Å². The van der Waals surface area contributed by atoms with Gasteiger partial charge in [0, 0.05) is 37.5 Å². The highest BCUT2D eigenvalue weighted by Crippen LogP contribution is 2.19. The highest BCUT2D eigenvalue weighted by Gasteiger charge is 2.11. The van der Waals surface area contributed by atoms with Gasteiger partial charge in [-0.25, -0.2) is 4.39 Å². The SMILES string of the molecule is NCc1ccc(N2CCCOCC2)cc1F. The number of halogens is 1. The van der Waals surface area contributed by atoms with Gasteiger partial charge in [0.1, 0.15) is 5.82 Å². The second-order valence-corrected chi connectivity index (χ2v) is 3.93. The van der Waals surface area contributed by atoms with Crippen molar-refractivity contribution in [2.75, 3.05) is 31.2 Å². The summed E-state index contributed by atoms with van der Waals surface area (Å²) < 4.78 is 18.9. The fraction of sp³-hybridized carbons (Fsp3) is 0.500. The van der Waals surface area contributed by atoms with Crippen LogP contribution in [0, 0.1) is 5.82 Å². The zero-order valence-electron chi connectivity index (χ0n) is 9.29. The maximum Gasteiger partial charge on any atom is 0.129 e. The van der Waals surface area contributed by atoms with Crippen LogP contribution in [0.25, 0.3) is 0 Å². The Morgan fingerprint density at radius 3 is 2.94 bits per heavy atom. The third-order valence-corrected chi connectivity index (χ3v) is 2.84. The molecule has 88 valence electrons. The van der Waals surface area contributed by atoms with Crippen LogP contribution in [0.4, 0.5) is 10.1 Å². The summed E-state index contributed by atoms with van der Waals surface area (Å²) in [4.78, 5) is 2.15. The van der Waals surface area contributed by atoms with E-state index in [1.165, 1.54) is 0 Å². The van der Waals surface area contributed by atoms with Gasteiger partial charge in [-0.2, -0.15) is 0 Å². The molecular formula is C12H17FN2O. The molecule has 0 spiro atoms. The van der Waals surface area contributed by atoms with Gasteiger partial charge in [0.15, 0.2) is 0 Å². The lowest BCUT2D eigenvalue weighted by molar-refractivity contribution is 0.152. The minimum Gasteiger partial charge on any atom is -0.380 e. The van der Waals surface area contributed by atoms with Crippen molar-refractivity contribution >= 4 is 5.69 Å². The van der Waals surface area contributed by atoms with Crippen LogP contribution >= 0.6 is 0 Å². The molecule has 1 aliphatic rings. The molecule has 0 radical (unpaired) electrons. The van der Waals surface area contributed by atoms with Gasteiger partial charge in [-0.3, -0.25) is 0 Å². The predicted molar refractivity (Wildman–Crippen MR) is 61.9 cm³/mol. The summed E-state index contributed by atoms with van der Waals surface area (Å²) in [7, 11) is 0. The van der Waals surface area contributed by atoms with Crippen molar-refractivity contribution in [3.05, 3.63) is 29.6 Å². The van der Waals surface area contributed by atoms with E-state index in [0.29, 0.717) is 12.2 Å². The predicted octanol–water partition coefficient (Wildman–Crippen LogP) is 1.51. The Morgan fingerprint density at radius 2 is 2.19 bits per heavy atom. The van der Waals surface area contributed by atoms with Crippen molar-refractivity contribution in [1.82, 2.24) is 0 Å². The highest BCUT2D eigenvalue weighted by atomic mass is 19.1. The van der Waals surface area contributed by atoms with Crippen molar-refractivity contribution < 1.29 is 9.13 Å². The molecule has 1 saturated heterocycles. The molecule has 0 aliphatic carbocycles. The van der Waals surface area contributed by atoms with Gasteiger partial charge in [0.25, 0.3) is 0 Å². The lowest BCUT2D eigenvalue weighted by Crippen LogP contribution is -2.26. The molecular weight excluding hydrogens is 207 g/mol. The average molecular weight is 224 g/mol. The largest absolute Gasteiger partial charge is 0.380 e. The molecule has 1 aliphatic heterocycles. The van der Waals surface area contributed by atoms with Gasteiger partial charge < -0.3 is 15.4 Å². The van der Waals surface area contributed by atoms with Crippen LogP contribution in [0.15, 0.2) is 18.2 Å². The summed E-state index contributed by atoms with van der Waals surface area (Å²) in [5.74, 6) is -0.217. The molecule has 2 rings (SSSR count). The van der Waals surface area contributed by atoms with Crippen LogP contribution in [0.3, 0.4) is 0 Å². The zero-order chi connectivity index (χ0) is 11.4. The van der Waals surface area contributed by atoms with E-state index in [1.54, 1.807) is 12.1 Å². The Morgan fingerprint density at radius 1 is 1.31 bits per heavy atom. The first-order valence-corrected chi connectivity index (χ1v) is 5.62. The monoisotopic (exact) mass is 224 g/mol. The van der Waals surface area contributed by atoms with Crippen LogP contribution in [-0.4, -0.2) is 26.3 Å². The Bertz CT molecular complexity index is 349. The van der Waals surface area contributed by atoms with Gasteiger partial charge in [0.2, 0.25) is 0 Å². The van der Waals surface area contributed by atoms with E-state index in [2.05, 4.69) is 4.90 Å². The standard InChI is InChI=1S/C12H17FN2O/c13-12-8-11(3-2-10(12)9-14)15-4-1-6-16-7-5-15/h2-3,8H,1,4-7,9,14H2. The van der Waals surface area contributed by atoms with Gasteiger partial charge in [-0.1, -0.05) is 6.07 Å². The molecule has 2 N–H and O–H groups in total. The number of hydrogen-bond acceptors (Lipinski definition) is 3. The Kier molecular flexibility index (Phi) is 3.74. The lowest BCUT2D eigenvalue weighted by Gasteiger charge is -2.22. The number of nitrogens with two attached hydrogens (primary N) is 1. The van der Waals surface area contributed by atoms with Gasteiger partial charge in [-0.05, 0) is 18.6 Å². The number of rotatable bonds is 2. The van der Waals surface area contributed by atoms with E-state index in [0.717, 1.165) is 31.8 Å². The highest BCUT2D eigenvalue weighted by molar-refractivity contribution is 5.48. The maximum absolute atomic E-state index is 13.6. The molecule has 0 bridgehead atoms. The van der Waals surface area contributed by atoms with Crippen LogP contribution < -0.4 is 10.6 Å². The van der Waals surface area contributed by atoms with E-state index in [-0.39, 0.29) is 12.4 Å². The average Bonchev–Trinajstić information content (AvgIpc) is 2.57. The van der Waals surface area contributed by atoms with Gasteiger partial charge in [-0.15, -0.1) is 0 Å². The molecule has 1 heterocycles. The van der Waals surface area contributed by atoms with Gasteiger partial charge in [0.05, 0.1) is 6.61 Å². The maximum atomic E-state index is 13.6. The fourth-order valence-electron chi connectivity index (χ4n) is 1.90. The minimum atomic E-state index is -0.217. The van der Waals surface area contributed by atoms with Crippen LogP contribution in [-0.2, 0) is 11.3 Å². The summed E-state index contributed by atoms with van der Waals surface area (Å²) >= 11 is 0. The third-order valence-electron chi connectivity index (χ3n) is 2.84. The summed E-state index contributed by atoms with van der Waals surface area (Å²) in [6, 6.07) is 5.25. The first kappa shape index (κ1) is 11.4. The molecule has 3 nitrogen and oxygen atoms in total. The lowest BCUT2D eigenvalue weighted by atomic mass is 10.1. The second-order valence-electron chi connectivity index (χ2n) is 3.93. The molecule has 0 aromatic heterocycles. The van der Waals surface area contributed by atoms with E-state index in [9.17, 15) is 4.39 Å². The smallest absolute Gasteiger partial charge is 0.129 e. The minimum absolute atomic E-state index is 0.217. The molecule has 1 aromatic carbocycles. The second kappa shape index (κ2) is 5.27. The topological polar surface area (TPSA) is 38.5 Å². The van der Waals surface area contributed by atoms with E-state index in [4.69, 9.17) is 10.5 Å². The van der Waals surface area contributed by atoms with Crippen molar-refractivity contribution in [2.24, 2.45) is 5.73 Å². The summed E-state index contributed by atoms with van der Waals surface area (Å²) in [6.45, 7) is 3.48. The molecule has 4 heteroatoms. The van der Waals surface area contributed by atoms with Crippen molar-refractivity contribution in [1.29, 1.82) is 0 Å². The number of benzene rings is 1. The third kappa shape index (κ3) is 2.51. The molecule has 0 atom stereocenters. The summed E-state index contributed by atoms with van der Waals surface area (Å²) in [6.07, 6.45) is 0.986. The Balaban J connectivity index is 2.16. The first-order valence-electron chi connectivity index (χ1n) is 5.62. The molecule has 0 saturated carbocycles. The number of nitrogens with zero attached hydrogens (tertiary/aromatic N) is 1. The zero-order valence-corrected chi connectivity index (χ0v) is 9.29. The van der Waals surface area contributed by atoms with Crippen molar-refractivity contribution in [3.8, 4) is 0 Å². The number of hydrogen-bond donors (Lipinski definition) is 1. The van der Waals surface area contributed by atoms with Crippen LogP contribution in [0.5, 0.6) is 0 Å². The normalized spacial score (nSPS) is 17.2. The molecule has 0 unspecified atom stereocenters. The van der Waals surface area contributed by atoms with E-state index < -0.39 is 0 Å². The van der Waals surface area contributed by atoms with Gasteiger partial charge >= 0.3 is 0 Å². The summed E-state index contributed by atoms with van der Waals surface area (Å²) in [5.41, 5.74) is 6.91. The fourth-order valence-corrected chi connectivity index (χ4v) is 1.90. The molecule has 0 amide bonds. The molecule has 1 fully saturated rings. The van der Waals surface area contributed by atoms with Crippen molar-refractivity contribution in [3.63, 3.8) is 0 Å². The van der Waals surface area contributed by atoms with E-state index in [1.807, 2.05) is 6.07 Å². The Hall–Kier alpha value is -1.13. The van der Waals surface area contributed by atoms with Crippen molar-refractivity contribution in [2.45, 2.75) is 13.0 Å². The van der Waals surface area contributed by atoms with Crippen LogP contribution in [0.2, 0.25) is 0 Å². The molecule has 1 aromatic rings. The first-order chi connectivity index (χ1) is 7.81.